The van der Waals surface area contributed by atoms with Crippen LogP contribution in [0.15, 0.2) is 48.0 Å². The molecule has 4 rings (SSSR count). The van der Waals surface area contributed by atoms with Crippen molar-refractivity contribution in [1.82, 2.24) is 4.90 Å². The van der Waals surface area contributed by atoms with Gasteiger partial charge < -0.3 is 19.5 Å². The van der Waals surface area contributed by atoms with Crippen molar-refractivity contribution in [2.45, 2.75) is 25.8 Å². The van der Waals surface area contributed by atoms with E-state index in [0.717, 1.165) is 35.3 Å². The van der Waals surface area contributed by atoms with E-state index in [1.165, 1.54) is 4.90 Å². The number of hydrogen-bond donors (Lipinski definition) is 1. The summed E-state index contributed by atoms with van der Waals surface area (Å²) >= 11 is 0. The van der Waals surface area contributed by atoms with Gasteiger partial charge in [0.1, 0.15) is 11.5 Å². The van der Waals surface area contributed by atoms with Crippen LogP contribution < -0.4 is 4.74 Å². The SMILES string of the molecule is CCc1ccc(C2/C(=C(/O)c3ccc4c(c3)CCO4)C(=O)C(=O)N2CCOC)cc1. The zero-order valence-corrected chi connectivity index (χ0v) is 17.2. The second-order valence-corrected chi connectivity index (χ2v) is 7.50. The van der Waals surface area contributed by atoms with Crippen molar-refractivity contribution in [1.29, 1.82) is 0 Å². The highest BCUT2D eigenvalue weighted by Gasteiger charge is 2.45. The van der Waals surface area contributed by atoms with E-state index in [1.54, 1.807) is 19.2 Å². The molecule has 6 nitrogen and oxygen atoms in total. The van der Waals surface area contributed by atoms with Crippen molar-refractivity contribution in [3.05, 3.63) is 70.3 Å². The molecule has 1 N–H and O–H groups in total. The summed E-state index contributed by atoms with van der Waals surface area (Å²) in [4.78, 5) is 27.2. The molecule has 0 aliphatic carbocycles. The molecule has 1 fully saturated rings. The number of aliphatic hydroxyl groups excluding tert-OH is 1. The van der Waals surface area contributed by atoms with E-state index in [-0.39, 0.29) is 17.9 Å². The fourth-order valence-electron chi connectivity index (χ4n) is 4.07. The Labute approximate surface area is 175 Å². The van der Waals surface area contributed by atoms with Crippen LogP contribution in [0.2, 0.25) is 0 Å². The van der Waals surface area contributed by atoms with Crippen molar-refractivity contribution in [3.63, 3.8) is 0 Å². The van der Waals surface area contributed by atoms with E-state index in [0.29, 0.717) is 18.8 Å². The molecule has 0 saturated carbocycles. The van der Waals surface area contributed by atoms with Crippen LogP contribution in [0.25, 0.3) is 5.76 Å². The monoisotopic (exact) mass is 407 g/mol. The highest BCUT2D eigenvalue weighted by Crippen LogP contribution is 2.40. The predicted molar refractivity (Wildman–Crippen MR) is 112 cm³/mol. The molecule has 0 radical (unpaired) electrons. The summed E-state index contributed by atoms with van der Waals surface area (Å²) in [5, 5.41) is 11.1. The fourth-order valence-corrected chi connectivity index (χ4v) is 4.07. The van der Waals surface area contributed by atoms with E-state index >= 15 is 0 Å². The Bertz CT molecular complexity index is 1010. The number of ether oxygens (including phenoxy) is 2. The van der Waals surface area contributed by atoms with Crippen LogP contribution in [0.3, 0.4) is 0 Å². The molecule has 1 atom stereocenters. The third-order valence-corrected chi connectivity index (χ3v) is 5.74. The van der Waals surface area contributed by atoms with E-state index < -0.39 is 17.7 Å². The quantitative estimate of drug-likeness (QED) is 0.452. The summed E-state index contributed by atoms with van der Waals surface area (Å²) in [6.07, 6.45) is 1.64. The maximum Gasteiger partial charge on any atom is 0.295 e. The number of methoxy groups -OCH3 is 1. The van der Waals surface area contributed by atoms with Gasteiger partial charge in [-0.15, -0.1) is 0 Å². The van der Waals surface area contributed by atoms with Crippen molar-refractivity contribution >= 4 is 17.4 Å². The second kappa shape index (κ2) is 8.32. The molecule has 0 aromatic heterocycles. The minimum absolute atomic E-state index is 0.110. The molecule has 2 aliphatic rings. The number of carbonyl (C=O) groups is 2. The molecule has 30 heavy (non-hydrogen) atoms. The lowest BCUT2D eigenvalue weighted by Crippen LogP contribution is -2.32. The highest BCUT2D eigenvalue weighted by atomic mass is 16.5. The largest absolute Gasteiger partial charge is 0.507 e. The Morgan fingerprint density at radius 2 is 1.97 bits per heavy atom. The Kier molecular flexibility index (Phi) is 5.59. The third kappa shape index (κ3) is 3.48. The Hall–Kier alpha value is -3.12. The summed E-state index contributed by atoms with van der Waals surface area (Å²) in [5.41, 5.74) is 3.55. The maximum atomic E-state index is 13.0. The molecule has 2 heterocycles. The van der Waals surface area contributed by atoms with Gasteiger partial charge in [-0.3, -0.25) is 9.59 Å². The third-order valence-electron chi connectivity index (χ3n) is 5.74. The number of ketones is 1. The fraction of sp³-hybridized carbons (Fsp3) is 0.333. The molecule has 1 amide bonds. The molecular formula is C24H25NO5. The molecule has 1 unspecified atom stereocenters. The van der Waals surface area contributed by atoms with Crippen LogP contribution in [-0.2, 0) is 27.2 Å². The lowest BCUT2D eigenvalue weighted by Gasteiger charge is -2.25. The Morgan fingerprint density at radius 1 is 1.20 bits per heavy atom. The van der Waals surface area contributed by atoms with Gasteiger partial charge in [0, 0.05) is 25.6 Å². The van der Waals surface area contributed by atoms with E-state index in [4.69, 9.17) is 9.47 Å². The van der Waals surface area contributed by atoms with Crippen LogP contribution in [0.5, 0.6) is 5.75 Å². The lowest BCUT2D eigenvalue weighted by atomic mass is 9.94. The number of hydrogen-bond acceptors (Lipinski definition) is 5. The molecule has 2 aliphatic heterocycles. The van der Waals surface area contributed by atoms with Gasteiger partial charge in [0.25, 0.3) is 11.7 Å². The number of benzene rings is 2. The number of carbonyl (C=O) groups excluding carboxylic acids is 2. The van der Waals surface area contributed by atoms with Gasteiger partial charge in [-0.2, -0.15) is 0 Å². The molecular weight excluding hydrogens is 382 g/mol. The van der Waals surface area contributed by atoms with Crippen LogP contribution in [0, 0.1) is 0 Å². The van der Waals surface area contributed by atoms with E-state index in [9.17, 15) is 14.7 Å². The summed E-state index contributed by atoms with van der Waals surface area (Å²) in [6.45, 7) is 3.23. The number of rotatable bonds is 6. The molecule has 2 aromatic rings. The normalized spacial score (nSPS) is 19.8. The zero-order valence-electron chi connectivity index (χ0n) is 17.2. The predicted octanol–water partition coefficient (Wildman–Crippen LogP) is 3.25. The first-order valence-electron chi connectivity index (χ1n) is 10.2. The molecule has 1 saturated heterocycles. The molecule has 0 spiro atoms. The van der Waals surface area contributed by atoms with Crippen LogP contribution >= 0.6 is 0 Å². The first-order chi connectivity index (χ1) is 14.5. The van der Waals surface area contributed by atoms with Gasteiger partial charge >= 0.3 is 0 Å². The van der Waals surface area contributed by atoms with E-state index in [1.807, 2.05) is 30.3 Å². The smallest absolute Gasteiger partial charge is 0.295 e. The molecule has 156 valence electrons. The number of likely N-dealkylation sites (tertiary alicyclic amines) is 1. The van der Waals surface area contributed by atoms with E-state index in [2.05, 4.69) is 6.92 Å². The molecule has 2 aromatic carbocycles. The highest BCUT2D eigenvalue weighted by molar-refractivity contribution is 6.46. The number of aliphatic hydroxyl groups is 1. The van der Waals surface area contributed by atoms with Crippen molar-refractivity contribution in [2.75, 3.05) is 26.9 Å². The maximum absolute atomic E-state index is 13.0. The van der Waals surface area contributed by atoms with Crippen molar-refractivity contribution < 1.29 is 24.2 Å². The van der Waals surface area contributed by atoms with Gasteiger partial charge in [0.15, 0.2) is 0 Å². The Balaban J connectivity index is 1.82. The first-order valence-corrected chi connectivity index (χ1v) is 10.2. The molecule has 0 bridgehead atoms. The second-order valence-electron chi connectivity index (χ2n) is 7.50. The Morgan fingerprint density at radius 3 is 2.67 bits per heavy atom. The summed E-state index contributed by atoms with van der Waals surface area (Å²) < 4.78 is 10.7. The summed E-state index contributed by atoms with van der Waals surface area (Å²) in [6, 6.07) is 12.5. The standard InChI is InChI=1S/C24H25NO5/c1-3-15-4-6-16(7-5-15)21-20(23(27)24(28)25(21)11-13-29-2)22(26)18-8-9-19-17(14-18)10-12-30-19/h4-9,14,21,26H,3,10-13H2,1-2H3/b22-20-. The number of amides is 1. The topological polar surface area (TPSA) is 76.1 Å². The van der Waals surface area contributed by atoms with Gasteiger partial charge in [-0.25, -0.2) is 0 Å². The number of nitrogens with zero attached hydrogens (tertiary/aromatic N) is 1. The van der Waals surface area contributed by atoms with Crippen molar-refractivity contribution in [3.8, 4) is 5.75 Å². The summed E-state index contributed by atoms with van der Waals surface area (Å²) in [7, 11) is 1.55. The van der Waals surface area contributed by atoms with Gasteiger partial charge in [0.05, 0.1) is 24.8 Å². The zero-order chi connectivity index (χ0) is 21.3. The van der Waals surface area contributed by atoms with Gasteiger partial charge in [-0.05, 0) is 41.3 Å². The number of Topliss-reactive ketones (excluding diaryl/α,β-unsaturated/α-hetero) is 1. The number of aryl methyl sites for hydroxylation is 1. The summed E-state index contributed by atoms with van der Waals surface area (Å²) in [5.74, 6) is -0.668. The van der Waals surface area contributed by atoms with Gasteiger partial charge in [-0.1, -0.05) is 31.2 Å². The van der Waals surface area contributed by atoms with Crippen LogP contribution in [0.1, 0.15) is 35.2 Å². The van der Waals surface area contributed by atoms with Crippen LogP contribution in [-0.4, -0.2) is 48.6 Å². The number of fused-ring (bicyclic) bond motifs is 1. The average molecular weight is 407 g/mol. The first kappa shape index (κ1) is 20.2. The minimum Gasteiger partial charge on any atom is -0.507 e. The lowest BCUT2D eigenvalue weighted by molar-refractivity contribution is -0.140. The van der Waals surface area contributed by atoms with Crippen LogP contribution in [0.4, 0.5) is 0 Å². The minimum atomic E-state index is -0.676. The van der Waals surface area contributed by atoms with Crippen molar-refractivity contribution in [2.24, 2.45) is 0 Å². The van der Waals surface area contributed by atoms with Gasteiger partial charge in [0.2, 0.25) is 0 Å². The molecule has 6 heteroatoms. The average Bonchev–Trinajstić information content (AvgIpc) is 3.34.